The molecule has 27 heavy (non-hydrogen) atoms. The van der Waals surface area contributed by atoms with Crippen LogP contribution < -0.4 is 9.64 Å². The van der Waals surface area contributed by atoms with Gasteiger partial charge in [-0.15, -0.1) is 0 Å². The summed E-state index contributed by atoms with van der Waals surface area (Å²) >= 11 is 1.46. The van der Waals surface area contributed by atoms with Gasteiger partial charge in [-0.3, -0.25) is 9.69 Å². The number of rotatable bonds is 5. The second kappa shape index (κ2) is 7.20. The molecular formula is C20H18N4O2S. The number of carbonyl (C=O) groups is 1. The molecule has 0 spiro atoms. The Hall–Kier alpha value is -3.19. The molecule has 2 aromatic carbocycles. The molecule has 0 atom stereocenters. The highest BCUT2D eigenvalue weighted by atomic mass is 32.1. The number of hydrogen-bond acceptors (Lipinski definition) is 5. The van der Waals surface area contributed by atoms with Gasteiger partial charge in [0.15, 0.2) is 11.0 Å². The summed E-state index contributed by atoms with van der Waals surface area (Å²) in [5.41, 5.74) is 1.86. The van der Waals surface area contributed by atoms with Crippen LogP contribution in [0.2, 0.25) is 0 Å². The molecule has 0 aliphatic heterocycles. The standard InChI is InChI=1S/C20H18N4O2S/c1-23-11-10-21-18(23)19(25)24(13-14-6-4-3-5-7-14)20-22-16-9-8-15(26-2)12-17(16)27-20/h3-12H,13H2,1-2H3. The van der Waals surface area contributed by atoms with Crippen LogP contribution in [0.1, 0.15) is 16.2 Å². The second-order valence-electron chi connectivity index (χ2n) is 6.07. The molecule has 136 valence electrons. The minimum atomic E-state index is -0.183. The first-order valence-corrected chi connectivity index (χ1v) is 9.25. The SMILES string of the molecule is COc1ccc2nc(N(Cc3ccccc3)C(=O)c3nccn3C)sc2c1. The van der Waals surface area contributed by atoms with E-state index in [9.17, 15) is 4.79 Å². The van der Waals surface area contributed by atoms with Crippen LogP contribution in [0.3, 0.4) is 0 Å². The molecule has 0 unspecified atom stereocenters. The molecule has 2 aromatic heterocycles. The number of carbonyl (C=O) groups excluding carboxylic acids is 1. The van der Waals surface area contributed by atoms with E-state index < -0.39 is 0 Å². The molecule has 6 nitrogen and oxygen atoms in total. The largest absolute Gasteiger partial charge is 0.497 e. The molecule has 7 heteroatoms. The first-order valence-electron chi connectivity index (χ1n) is 8.43. The van der Waals surface area contributed by atoms with Crippen molar-refractivity contribution in [1.82, 2.24) is 14.5 Å². The molecule has 0 saturated heterocycles. The Balaban J connectivity index is 1.77. The second-order valence-corrected chi connectivity index (χ2v) is 7.08. The molecule has 0 saturated carbocycles. The fourth-order valence-corrected chi connectivity index (χ4v) is 3.81. The summed E-state index contributed by atoms with van der Waals surface area (Å²) < 4.78 is 7.98. The van der Waals surface area contributed by atoms with Crippen molar-refractivity contribution in [3.8, 4) is 5.75 Å². The van der Waals surface area contributed by atoms with E-state index in [0.29, 0.717) is 17.5 Å². The average molecular weight is 378 g/mol. The third kappa shape index (κ3) is 3.41. The summed E-state index contributed by atoms with van der Waals surface area (Å²) in [5, 5.41) is 0.634. The Morgan fingerprint density at radius 3 is 2.74 bits per heavy atom. The highest BCUT2D eigenvalue weighted by Crippen LogP contribution is 2.32. The molecule has 0 bridgehead atoms. The summed E-state index contributed by atoms with van der Waals surface area (Å²) in [7, 11) is 3.44. The first-order chi connectivity index (χ1) is 13.2. The zero-order chi connectivity index (χ0) is 18.8. The van der Waals surface area contributed by atoms with E-state index in [1.165, 1.54) is 11.3 Å². The topological polar surface area (TPSA) is 60.2 Å². The van der Waals surface area contributed by atoms with Gasteiger partial charge in [-0.1, -0.05) is 41.7 Å². The summed E-state index contributed by atoms with van der Waals surface area (Å²) in [4.78, 5) is 23.8. The van der Waals surface area contributed by atoms with Crippen molar-refractivity contribution in [1.29, 1.82) is 0 Å². The van der Waals surface area contributed by atoms with E-state index in [1.807, 2.05) is 55.6 Å². The van der Waals surface area contributed by atoms with Crippen LogP contribution in [0.25, 0.3) is 10.2 Å². The molecule has 0 fully saturated rings. The summed E-state index contributed by atoms with van der Waals surface area (Å²) in [6.45, 7) is 0.420. The highest BCUT2D eigenvalue weighted by molar-refractivity contribution is 7.22. The normalized spacial score (nSPS) is 10.9. The van der Waals surface area contributed by atoms with Gasteiger partial charge in [0.2, 0.25) is 0 Å². The zero-order valence-corrected chi connectivity index (χ0v) is 15.8. The van der Waals surface area contributed by atoms with Crippen molar-refractivity contribution in [2.24, 2.45) is 7.05 Å². The number of thiazole rings is 1. The Bertz CT molecular complexity index is 1090. The van der Waals surface area contributed by atoms with E-state index in [0.717, 1.165) is 21.5 Å². The van der Waals surface area contributed by atoms with Crippen molar-refractivity contribution in [2.75, 3.05) is 12.0 Å². The maximum absolute atomic E-state index is 13.2. The molecule has 0 radical (unpaired) electrons. The average Bonchev–Trinajstić information content (AvgIpc) is 3.31. The lowest BCUT2D eigenvalue weighted by Gasteiger charge is -2.19. The molecule has 0 aliphatic rings. The van der Waals surface area contributed by atoms with Crippen molar-refractivity contribution in [3.63, 3.8) is 0 Å². The third-order valence-electron chi connectivity index (χ3n) is 4.26. The summed E-state index contributed by atoms with van der Waals surface area (Å²) in [5.74, 6) is 0.961. The van der Waals surface area contributed by atoms with Crippen LogP contribution in [0.5, 0.6) is 5.75 Å². The first kappa shape index (κ1) is 17.2. The van der Waals surface area contributed by atoms with Gasteiger partial charge in [-0.2, -0.15) is 0 Å². The van der Waals surface area contributed by atoms with Crippen LogP contribution in [0.4, 0.5) is 5.13 Å². The van der Waals surface area contributed by atoms with E-state index in [2.05, 4.69) is 9.97 Å². The number of methoxy groups -OCH3 is 1. The predicted octanol–water partition coefficient (Wildman–Crippen LogP) is 3.89. The van der Waals surface area contributed by atoms with Gasteiger partial charge in [0.1, 0.15) is 5.75 Å². The fourth-order valence-electron chi connectivity index (χ4n) is 2.82. The monoisotopic (exact) mass is 378 g/mol. The van der Waals surface area contributed by atoms with Crippen molar-refractivity contribution in [2.45, 2.75) is 6.54 Å². The number of anilines is 1. The Labute approximate surface area is 160 Å². The van der Waals surface area contributed by atoms with Crippen LogP contribution in [0.15, 0.2) is 60.9 Å². The molecule has 0 N–H and O–H groups in total. The van der Waals surface area contributed by atoms with Gasteiger partial charge in [0.05, 0.1) is 23.9 Å². The van der Waals surface area contributed by atoms with Crippen LogP contribution in [-0.4, -0.2) is 27.6 Å². The molecule has 4 aromatic rings. The summed E-state index contributed by atoms with van der Waals surface area (Å²) in [6.07, 6.45) is 3.38. The number of aryl methyl sites for hydroxylation is 1. The van der Waals surface area contributed by atoms with Crippen molar-refractivity contribution < 1.29 is 9.53 Å². The Morgan fingerprint density at radius 2 is 2.04 bits per heavy atom. The maximum atomic E-state index is 13.2. The van der Waals surface area contributed by atoms with Crippen molar-refractivity contribution >= 4 is 32.6 Å². The fraction of sp³-hybridized carbons (Fsp3) is 0.150. The van der Waals surface area contributed by atoms with Gasteiger partial charge in [0, 0.05) is 19.4 Å². The lowest BCUT2D eigenvalue weighted by Crippen LogP contribution is -2.32. The van der Waals surface area contributed by atoms with Crippen molar-refractivity contribution in [3.05, 3.63) is 72.3 Å². The third-order valence-corrected chi connectivity index (χ3v) is 5.30. The lowest BCUT2D eigenvalue weighted by molar-refractivity contribution is 0.0972. The highest BCUT2D eigenvalue weighted by Gasteiger charge is 2.24. The predicted molar refractivity (Wildman–Crippen MR) is 106 cm³/mol. The molecule has 1 amide bonds. The molecular weight excluding hydrogens is 360 g/mol. The smallest absolute Gasteiger partial charge is 0.296 e. The number of fused-ring (bicyclic) bond motifs is 1. The van der Waals surface area contributed by atoms with Crippen LogP contribution in [0, 0.1) is 0 Å². The van der Waals surface area contributed by atoms with E-state index in [1.54, 1.807) is 29.0 Å². The zero-order valence-electron chi connectivity index (χ0n) is 15.0. The number of benzene rings is 2. The maximum Gasteiger partial charge on any atom is 0.296 e. The Morgan fingerprint density at radius 1 is 1.22 bits per heavy atom. The quantitative estimate of drug-likeness (QED) is 0.529. The molecule has 4 rings (SSSR count). The minimum absolute atomic E-state index is 0.183. The van der Waals surface area contributed by atoms with Gasteiger partial charge in [-0.05, 0) is 23.8 Å². The van der Waals surface area contributed by atoms with E-state index >= 15 is 0 Å². The number of imidazole rings is 1. The number of ether oxygens (including phenoxy) is 1. The number of aromatic nitrogens is 3. The molecule has 2 heterocycles. The summed E-state index contributed by atoms with van der Waals surface area (Å²) in [6, 6.07) is 15.6. The van der Waals surface area contributed by atoms with E-state index in [-0.39, 0.29) is 5.91 Å². The van der Waals surface area contributed by atoms with E-state index in [4.69, 9.17) is 4.74 Å². The number of nitrogens with zero attached hydrogens (tertiary/aromatic N) is 4. The van der Waals surface area contributed by atoms with Gasteiger partial charge >= 0.3 is 0 Å². The van der Waals surface area contributed by atoms with Gasteiger partial charge in [0.25, 0.3) is 5.91 Å². The van der Waals surface area contributed by atoms with Crippen LogP contribution >= 0.6 is 11.3 Å². The van der Waals surface area contributed by atoms with Gasteiger partial charge < -0.3 is 9.30 Å². The number of hydrogen-bond donors (Lipinski definition) is 0. The lowest BCUT2D eigenvalue weighted by atomic mass is 10.2. The number of amides is 1. The van der Waals surface area contributed by atoms with Crippen LogP contribution in [-0.2, 0) is 13.6 Å². The minimum Gasteiger partial charge on any atom is -0.497 e. The Kier molecular flexibility index (Phi) is 4.60. The van der Waals surface area contributed by atoms with Gasteiger partial charge in [-0.25, -0.2) is 9.97 Å². The molecule has 0 aliphatic carbocycles.